The Morgan fingerprint density at radius 3 is 2.38 bits per heavy atom. The smallest absolute Gasteiger partial charge is 0.324 e. The zero-order valence-corrected chi connectivity index (χ0v) is 10.1. The largest absolute Gasteiger partial charge is 0.416 e. The summed E-state index contributed by atoms with van der Waals surface area (Å²) in [6.07, 6.45) is -3.81. The molecule has 0 saturated carbocycles. The van der Waals surface area contributed by atoms with Gasteiger partial charge in [-0.1, -0.05) is 18.5 Å². The second-order valence-electron chi connectivity index (χ2n) is 3.25. The Labute approximate surface area is 103 Å². The predicted molar refractivity (Wildman–Crippen MR) is 60.9 cm³/mol. The van der Waals surface area contributed by atoms with E-state index >= 15 is 0 Å². The molecular weight excluding hydrogens is 262 g/mol. The van der Waals surface area contributed by atoms with E-state index in [1.807, 2.05) is 0 Å². The Morgan fingerprint density at radius 1 is 1.38 bits per heavy atom. The summed E-state index contributed by atoms with van der Waals surface area (Å²) in [7, 11) is 0. The summed E-state index contributed by atoms with van der Waals surface area (Å²) in [5.41, 5.74) is 5.28. The van der Waals surface area contributed by atoms with E-state index in [-0.39, 0.29) is 17.4 Å². The molecule has 0 radical (unpaired) electrons. The number of benzene rings is 1. The van der Waals surface area contributed by atoms with Gasteiger partial charge in [-0.3, -0.25) is 0 Å². The maximum absolute atomic E-state index is 12.4. The fourth-order valence-corrected chi connectivity index (χ4v) is 1.48. The van der Waals surface area contributed by atoms with Crippen molar-refractivity contribution in [1.29, 1.82) is 0 Å². The minimum atomic E-state index is -4.35. The molecule has 0 bridgehead atoms. The van der Waals surface area contributed by atoms with Crippen molar-refractivity contribution in [3.05, 3.63) is 34.3 Å². The van der Waals surface area contributed by atoms with Gasteiger partial charge in [0.25, 0.3) is 0 Å². The second kappa shape index (κ2) is 5.75. The molecule has 2 N–H and O–H groups in total. The van der Waals surface area contributed by atoms with E-state index < -0.39 is 17.8 Å². The third-order valence-corrected chi connectivity index (χ3v) is 2.51. The van der Waals surface area contributed by atoms with Gasteiger partial charge in [0.05, 0.1) is 5.56 Å². The van der Waals surface area contributed by atoms with Crippen LogP contribution < -0.4 is 5.73 Å². The van der Waals surface area contributed by atoms with E-state index in [1.165, 1.54) is 6.07 Å². The van der Waals surface area contributed by atoms with Crippen LogP contribution in [0.4, 0.5) is 13.2 Å². The lowest BCUT2D eigenvalue weighted by atomic mass is 10.0. The fraction of sp³-hybridized carbons (Fsp3) is 0.400. The molecule has 1 aromatic carbocycles. The lowest BCUT2D eigenvalue weighted by molar-refractivity contribution is -0.137. The van der Waals surface area contributed by atoms with Crippen LogP contribution in [0.15, 0.2) is 18.2 Å². The number of halogens is 5. The number of rotatable bonds is 2. The van der Waals surface area contributed by atoms with Gasteiger partial charge >= 0.3 is 6.18 Å². The van der Waals surface area contributed by atoms with Gasteiger partial charge in [-0.25, -0.2) is 0 Å². The van der Waals surface area contributed by atoms with Crippen molar-refractivity contribution in [2.75, 3.05) is 0 Å². The van der Waals surface area contributed by atoms with Crippen molar-refractivity contribution in [3.8, 4) is 0 Å². The molecule has 0 fully saturated rings. The number of alkyl halides is 3. The quantitative estimate of drug-likeness (QED) is 0.859. The third kappa shape index (κ3) is 3.54. The zero-order valence-electron chi connectivity index (χ0n) is 8.51. The number of hydrogen-bond donors (Lipinski definition) is 1. The minimum Gasteiger partial charge on any atom is -0.324 e. The highest BCUT2D eigenvalue weighted by molar-refractivity contribution is 6.31. The molecule has 16 heavy (non-hydrogen) atoms. The lowest BCUT2D eigenvalue weighted by Gasteiger charge is -2.14. The molecule has 92 valence electrons. The van der Waals surface area contributed by atoms with Crippen molar-refractivity contribution in [2.45, 2.75) is 25.6 Å². The van der Waals surface area contributed by atoms with Gasteiger partial charge in [-0.05, 0) is 30.2 Å². The molecule has 1 atom stereocenters. The summed E-state index contributed by atoms with van der Waals surface area (Å²) in [4.78, 5) is 0. The van der Waals surface area contributed by atoms with Gasteiger partial charge in [0.2, 0.25) is 0 Å². The standard InChI is InChI=1S/C10H11ClF3N.ClH/c1-2-9(15)7-5-6(10(12,13)14)3-4-8(7)11;/h3-5,9H,2,15H2,1H3;1H/t9-;/m1./s1. The van der Waals surface area contributed by atoms with Crippen molar-refractivity contribution >= 4 is 24.0 Å². The molecule has 0 spiro atoms. The van der Waals surface area contributed by atoms with E-state index in [4.69, 9.17) is 17.3 Å². The highest BCUT2D eigenvalue weighted by Gasteiger charge is 2.31. The van der Waals surface area contributed by atoms with Gasteiger partial charge in [0.15, 0.2) is 0 Å². The Hall–Kier alpha value is -0.450. The first-order valence-electron chi connectivity index (χ1n) is 4.48. The summed E-state index contributed by atoms with van der Waals surface area (Å²) in [6, 6.07) is 2.74. The van der Waals surface area contributed by atoms with Crippen LogP contribution in [0, 0.1) is 0 Å². The van der Waals surface area contributed by atoms with Crippen LogP contribution in [-0.2, 0) is 6.18 Å². The van der Waals surface area contributed by atoms with E-state index in [0.29, 0.717) is 12.0 Å². The lowest BCUT2D eigenvalue weighted by Crippen LogP contribution is -2.12. The minimum absolute atomic E-state index is 0. The van der Waals surface area contributed by atoms with Crippen LogP contribution in [0.5, 0.6) is 0 Å². The van der Waals surface area contributed by atoms with Crippen LogP contribution in [0.1, 0.15) is 30.5 Å². The molecule has 0 heterocycles. The highest BCUT2D eigenvalue weighted by Crippen LogP contribution is 2.33. The van der Waals surface area contributed by atoms with Gasteiger partial charge in [-0.2, -0.15) is 13.2 Å². The van der Waals surface area contributed by atoms with Crippen LogP contribution in [0.25, 0.3) is 0 Å². The van der Waals surface area contributed by atoms with Crippen molar-refractivity contribution in [3.63, 3.8) is 0 Å². The summed E-state index contributed by atoms with van der Waals surface area (Å²) in [5.74, 6) is 0. The van der Waals surface area contributed by atoms with E-state index in [2.05, 4.69) is 0 Å². The highest BCUT2D eigenvalue weighted by atomic mass is 35.5. The molecular formula is C10H12Cl2F3N. The van der Waals surface area contributed by atoms with Crippen LogP contribution in [0.3, 0.4) is 0 Å². The van der Waals surface area contributed by atoms with Crippen molar-refractivity contribution in [1.82, 2.24) is 0 Å². The molecule has 0 unspecified atom stereocenters. The molecule has 0 saturated heterocycles. The molecule has 0 aliphatic rings. The molecule has 1 aromatic rings. The summed E-state index contributed by atoms with van der Waals surface area (Å²) < 4.78 is 37.1. The Balaban J connectivity index is 0.00000225. The molecule has 6 heteroatoms. The van der Waals surface area contributed by atoms with Crippen LogP contribution in [-0.4, -0.2) is 0 Å². The van der Waals surface area contributed by atoms with E-state index in [9.17, 15) is 13.2 Å². The molecule has 1 rings (SSSR count). The predicted octanol–water partition coefficient (Wildman–Crippen LogP) is 4.19. The molecule has 0 aliphatic carbocycles. The molecule has 0 aromatic heterocycles. The van der Waals surface area contributed by atoms with E-state index in [0.717, 1.165) is 12.1 Å². The average Bonchev–Trinajstić information content (AvgIpc) is 2.15. The van der Waals surface area contributed by atoms with Crippen LogP contribution in [0.2, 0.25) is 5.02 Å². The summed E-state index contributed by atoms with van der Waals surface area (Å²) >= 11 is 5.77. The normalized spacial score (nSPS) is 13.1. The van der Waals surface area contributed by atoms with Crippen LogP contribution >= 0.6 is 24.0 Å². The Morgan fingerprint density at radius 2 is 1.94 bits per heavy atom. The SMILES string of the molecule is CC[C@@H](N)c1cc(C(F)(F)F)ccc1Cl.Cl. The third-order valence-electron chi connectivity index (χ3n) is 2.16. The van der Waals surface area contributed by atoms with E-state index in [1.54, 1.807) is 6.92 Å². The number of nitrogens with two attached hydrogens (primary N) is 1. The summed E-state index contributed by atoms with van der Waals surface area (Å²) in [5, 5.41) is 0.275. The van der Waals surface area contributed by atoms with Gasteiger partial charge < -0.3 is 5.73 Å². The van der Waals surface area contributed by atoms with Gasteiger partial charge in [-0.15, -0.1) is 12.4 Å². The monoisotopic (exact) mass is 273 g/mol. The molecule has 0 aliphatic heterocycles. The average molecular weight is 274 g/mol. The topological polar surface area (TPSA) is 26.0 Å². The number of hydrogen-bond acceptors (Lipinski definition) is 1. The van der Waals surface area contributed by atoms with Crippen molar-refractivity contribution in [2.24, 2.45) is 5.73 Å². The fourth-order valence-electron chi connectivity index (χ4n) is 1.22. The first-order valence-corrected chi connectivity index (χ1v) is 4.86. The van der Waals surface area contributed by atoms with Crippen molar-refractivity contribution < 1.29 is 13.2 Å². The molecule has 1 nitrogen and oxygen atoms in total. The van der Waals surface area contributed by atoms with Gasteiger partial charge in [0.1, 0.15) is 0 Å². The van der Waals surface area contributed by atoms with Gasteiger partial charge in [0, 0.05) is 11.1 Å². The first-order chi connectivity index (χ1) is 6.86. The molecule has 0 amide bonds. The maximum Gasteiger partial charge on any atom is 0.416 e. The first kappa shape index (κ1) is 15.5. The Kier molecular flexibility index (Phi) is 5.59. The zero-order chi connectivity index (χ0) is 11.6. The summed E-state index contributed by atoms with van der Waals surface area (Å²) in [6.45, 7) is 1.79. The Bertz CT molecular complexity index is 352. The maximum atomic E-state index is 12.4. The second-order valence-corrected chi connectivity index (χ2v) is 3.66.